The number of azo groups is 1. The van der Waals surface area contributed by atoms with Crippen molar-refractivity contribution in [1.29, 1.82) is 0 Å². The summed E-state index contributed by atoms with van der Waals surface area (Å²) in [6, 6.07) is 17.4. The van der Waals surface area contributed by atoms with Gasteiger partial charge in [0, 0.05) is 5.39 Å². The van der Waals surface area contributed by atoms with Crippen molar-refractivity contribution in [3.63, 3.8) is 0 Å². The molecule has 0 saturated carbocycles. The van der Waals surface area contributed by atoms with Gasteiger partial charge in [0.2, 0.25) is 0 Å². The van der Waals surface area contributed by atoms with Gasteiger partial charge in [-0.15, -0.1) is 5.11 Å². The number of benzene rings is 3. The van der Waals surface area contributed by atoms with Crippen molar-refractivity contribution in [3.8, 4) is 5.75 Å². The molecule has 0 radical (unpaired) electrons. The summed E-state index contributed by atoms with van der Waals surface area (Å²) in [5.41, 5.74) is 3.58. The Morgan fingerprint density at radius 1 is 0.857 bits per heavy atom. The van der Waals surface area contributed by atoms with Gasteiger partial charge < -0.3 is 5.11 Å². The number of hydrogen-bond acceptors (Lipinski definition) is 3. The van der Waals surface area contributed by atoms with E-state index in [1.165, 1.54) is 5.56 Å². The highest BCUT2D eigenvalue weighted by Gasteiger charge is 2.06. The second-order valence-electron chi connectivity index (χ2n) is 5.14. The lowest BCUT2D eigenvalue weighted by Crippen LogP contribution is -1.77. The number of phenols is 1. The van der Waals surface area contributed by atoms with Crippen LogP contribution in [0.1, 0.15) is 11.1 Å². The van der Waals surface area contributed by atoms with Crippen molar-refractivity contribution in [2.75, 3.05) is 0 Å². The van der Waals surface area contributed by atoms with Gasteiger partial charge in [-0.05, 0) is 36.9 Å². The highest BCUT2D eigenvalue weighted by Crippen LogP contribution is 2.36. The van der Waals surface area contributed by atoms with Gasteiger partial charge in [0.15, 0.2) is 0 Å². The van der Waals surface area contributed by atoms with Crippen LogP contribution in [-0.2, 0) is 0 Å². The summed E-state index contributed by atoms with van der Waals surface area (Å²) in [5.74, 6) is 0.141. The molecule has 1 N–H and O–H groups in total. The number of phenolic OH excluding ortho intramolecular Hbond substituents is 1. The van der Waals surface area contributed by atoms with E-state index in [0.29, 0.717) is 5.69 Å². The third-order valence-corrected chi connectivity index (χ3v) is 3.49. The summed E-state index contributed by atoms with van der Waals surface area (Å²) in [5, 5.41) is 20.5. The fourth-order valence-corrected chi connectivity index (χ4v) is 2.37. The molecule has 0 aromatic heterocycles. The van der Waals surface area contributed by atoms with Crippen molar-refractivity contribution < 1.29 is 5.11 Å². The summed E-state index contributed by atoms with van der Waals surface area (Å²) in [6.07, 6.45) is 0. The third kappa shape index (κ3) is 2.63. The standard InChI is InChI=1S/C18H16N2O/c1-12-7-9-16(13(2)11-12)19-20-18-15-6-4-3-5-14(15)8-10-17(18)21/h3-11,21H,1-2H3/b20-19+. The lowest BCUT2D eigenvalue weighted by molar-refractivity contribution is 0.477. The van der Waals surface area contributed by atoms with Crippen LogP contribution in [0.3, 0.4) is 0 Å². The molecule has 3 aromatic carbocycles. The molecule has 0 unspecified atom stereocenters. The monoisotopic (exact) mass is 276 g/mol. The maximum atomic E-state index is 10.0. The van der Waals surface area contributed by atoms with Crippen molar-refractivity contribution in [1.82, 2.24) is 0 Å². The molecule has 0 aliphatic rings. The lowest BCUT2D eigenvalue weighted by Gasteiger charge is -2.04. The highest BCUT2D eigenvalue weighted by molar-refractivity contribution is 5.95. The first-order valence-corrected chi connectivity index (χ1v) is 6.85. The first-order valence-electron chi connectivity index (χ1n) is 6.85. The molecule has 0 bridgehead atoms. The molecule has 0 heterocycles. The highest BCUT2D eigenvalue weighted by atomic mass is 16.3. The molecule has 21 heavy (non-hydrogen) atoms. The Kier molecular flexibility index (Phi) is 3.40. The quantitative estimate of drug-likeness (QED) is 0.610. The van der Waals surface area contributed by atoms with Crippen LogP contribution in [0.15, 0.2) is 64.8 Å². The van der Waals surface area contributed by atoms with Gasteiger partial charge in [-0.3, -0.25) is 0 Å². The van der Waals surface area contributed by atoms with Gasteiger partial charge in [-0.25, -0.2) is 0 Å². The van der Waals surface area contributed by atoms with Gasteiger partial charge in [0.05, 0.1) is 5.69 Å². The normalized spacial score (nSPS) is 11.3. The minimum atomic E-state index is 0.141. The Morgan fingerprint density at radius 3 is 2.48 bits per heavy atom. The minimum Gasteiger partial charge on any atom is -0.506 e. The van der Waals surface area contributed by atoms with Gasteiger partial charge in [-0.2, -0.15) is 5.11 Å². The maximum absolute atomic E-state index is 10.0. The number of rotatable bonds is 2. The third-order valence-electron chi connectivity index (χ3n) is 3.49. The molecular formula is C18H16N2O. The summed E-state index contributed by atoms with van der Waals surface area (Å²) in [6.45, 7) is 4.05. The Labute approximate surface area is 123 Å². The zero-order valence-electron chi connectivity index (χ0n) is 12.0. The molecule has 3 aromatic rings. The van der Waals surface area contributed by atoms with Crippen molar-refractivity contribution in [2.45, 2.75) is 13.8 Å². The molecule has 0 atom stereocenters. The second kappa shape index (κ2) is 5.37. The summed E-state index contributed by atoms with van der Waals surface area (Å²) in [4.78, 5) is 0. The zero-order chi connectivity index (χ0) is 14.8. The SMILES string of the molecule is Cc1ccc(/N=N/c2c(O)ccc3ccccc23)c(C)c1. The Bertz CT molecular complexity index is 838. The molecular weight excluding hydrogens is 260 g/mol. The number of nitrogens with zero attached hydrogens (tertiary/aromatic N) is 2. The summed E-state index contributed by atoms with van der Waals surface area (Å²) in [7, 11) is 0. The molecule has 3 heteroatoms. The molecule has 104 valence electrons. The number of fused-ring (bicyclic) bond motifs is 1. The van der Waals surface area contributed by atoms with Gasteiger partial charge in [0.25, 0.3) is 0 Å². The zero-order valence-corrected chi connectivity index (χ0v) is 12.0. The average Bonchev–Trinajstić information content (AvgIpc) is 2.48. The van der Waals surface area contributed by atoms with Crippen LogP contribution in [0.25, 0.3) is 10.8 Å². The second-order valence-corrected chi connectivity index (χ2v) is 5.14. The molecule has 0 aliphatic carbocycles. The maximum Gasteiger partial charge on any atom is 0.143 e. The fraction of sp³-hybridized carbons (Fsp3) is 0.111. The van der Waals surface area contributed by atoms with Crippen LogP contribution in [0.5, 0.6) is 5.75 Å². The number of hydrogen-bond donors (Lipinski definition) is 1. The van der Waals surface area contributed by atoms with E-state index in [2.05, 4.69) is 16.3 Å². The van der Waals surface area contributed by atoms with Crippen LogP contribution in [0.4, 0.5) is 11.4 Å². The molecule has 3 rings (SSSR count). The van der Waals surface area contributed by atoms with E-state index in [9.17, 15) is 5.11 Å². The summed E-state index contributed by atoms with van der Waals surface area (Å²) >= 11 is 0. The van der Waals surface area contributed by atoms with Crippen molar-refractivity contribution in [3.05, 3.63) is 65.7 Å². The van der Waals surface area contributed by atoms with E-state index in [-0.39, 0.29) is 5.75 Å². The van der Waals surface area contributed by atoms with E-state index in [4.69, 9.17) is 0 Å². The largest absolute Gasteiger partial charge is 0.506 e. The first kappa shape index (κ1) is 13.3. The van der Waals surface area contributed by atoms with E-state index >= 15 is 0 Å². The van der Waals surface area contributed by atoms with Crippen LogP contribution < -0.4 is 0 Å². The summed E-state index contributed by atoms with van der Waals surface area (Å²) < 4.78 is 0. The van der Waals surface area contributed by atoms with Gasteiger partial charge >= 0.3 is 0 Å². The predicted molar refractivity (Wildman–Crippen MR) is 85.7 cm³/mol. The molecule has 0 aliphatic heterocycles. The van der Waals surface area contributed by atoms with E-state index in [0.717, 1.165) is 22.0 Å². The Balaban J connectivity index is 2.09. The molecule has 0 saturated heterocycles. The van der Waals surface area contributed by atoms with Crippen molar-refractivity contribution >= 4 is 22.1 Å². The topological polar surface area (TPSA) is 45.0 Å². The van der Waals surface area contributed by atoms with E-state index in [1.54, 1.807) is 6.07 Å². The van der Waals surface area contributed by atoms with E-state index < -0.39 is 0 Å². The average molecular weight is 276 g/mol. The van der Waals surface area contributed by atoms with Gasteiger partial charge in [0.1, 0.15) is 11.4 Å². The van der Waals surface area contributed by atoms with Crippen LogP contribution in [-0.4, -0.2) is 5.11 Å². The van der Waals surface area contributed by atoms with Crippen LogP contribution in [0.2, 0.25) is 0 Å². The minimum absolute atomic E-state index is 0.141. The first-order chi connectivity index (χ1) is 10.1. The Morgan fingerprint density at radius 2 is 1.67 bits per heavy atom. The predicted octanol–water partition coefficient (Wildman–Crippen LogP) is 5.58. The van der Waals surface area contributed by atoms with Crippen LogP contribution >= 0.6 is 0 Å². The molecule has 0 fully saturated rings. The molecule has 3 nitrogen and oxygen atoms in total. The lowest BCUT2D eigenvalue weighted by atomic mass is 10.1. The number of aryl methyl sites for hydroxylation is 2. The van der Waals surface area contributed by atoms with Crippen molar-refractivity contribution in [2.24, 2.45) is 10.2 Å². The smallest absolute Gasteiger partial charge is 0.143 e. The number of aromatic hydroxyl groups is 1. The van der Waals surface area contributed by atoms with Crippen LogP contribution in [0, 0.1) is 13.8 Å². The fourth-order valence-electron chi connectivity index (χ4n) is 2.37. The van der Waals surface area contributed by atoms with Gasteiger partial charge in [-0.1, -0.05) is 48.0 Å². The molecule has 0 spiro atoms. The van der Waals surface area contributed by atoms with E-state index in [1.807, 2.05) is 56.3 Å². The molecule has 0 amide bonds. The Hall–Kier alpha value is -2.68.